The van der Waals surface area contributed by atoms with Gasteiger partial charge in [0, 0.05) is 0 Å². The molecule has 0 aliphatic heterocycles. The first-order valence-electron chi connectivity index (χ1n) is 5.77. The molecule has 4 fully saturated rings. The smallest absolute Gasteiger partial charge is 0.00649 e. The molecule has 4 rings (SSSR count). The highest BCUT2D eigenvalue weighted by molar-refractivity contribution is 5.61. The molecule has 6 atom stereocenters. The van der Waals surface area contributed by atoms with E-state index in [-0.39, 0.29) is 0 Å². The van der Waals surface area contributed by atoms with E-state index < -0.39 is 0 Å². The summed E-state index contributed by atoms with van der Waals surface area (Å²) in [5.74, 6) is 2.88. The molecule has 0 aromatic carbocycles. The Morgan fingerprint density at radius 1 is 1.54 bits per heavy atom. The fraction of sp³-hybridized carbons (Fsp3) is 0.846. The molecular formula is C13H18. The van der Waals surface area contributed by atoms with Crippen molar-refractivity contribution in [3.8, 4) is 0 Å². The SMILES string of the molecule is C=C1C(C)C23C1C1(C)CC12C3CC. The minimum absolute atomic E-state index is 0.733. The van der Waals surface area contributed by atoms with Crippen molar-refractivity contribution >= 4 is 0 Å². The summed E-state index contributed by atoms with van der Waals surface area (Å²) in [5.41, 5.74) is 3.97. The maximum atomic E-state index is 4.28. The second-order valence-electron chi connectivity index (χ2n) is 6.19. The van der Waals surface area contributed by atoms with Gasteiger partial charge < -0.3 is 0 Å². The average Bonchev–Trinajstić information content (AvgIpc) is 2.86. The van der Waals surface area contributed by atoms with E-state index in [0.29, 0.717) is 0 Å². The highest BCUT2D eigenvalue weighted by Gasteiger charge is 3.07. The van der Waals surface area contributed by atoms with Crippen molar-refractivity contribution in [3.05, 3.63) is 12.2 Å². The third kappa shape index (κ3) is 0.312. The Labute approximate surface area is 80.4 Å². The molecule has 0 N–H and O–H groups in total. The molecule has 6 unspecified atom stereocenters. The van der Waals surface area contributed by atoms with Crippen LogP contribution in [0.15, 0.2) is 12.2 Å². The van der Waals surface area contributed by atoms with Crippen LogP contribution in [0.3, 0.4) is 0 Å². The predicted octanol–water partition coefficient (Wildman–Crippen LogP) is 3.24. The molecule has 4 saturated carbocycles. The minimum Gasteiger partial charge on any atom is -0.0992 e. The largest absolute Gasteiger partial charge is 0.0992 e. The van der Waals surface area contributed by atoms with E-state index in [1.807, 2.05) is 0 Å². The lowest BCUT2D eigenvalue weighted by Gasteiger charge is -2.58. The van der Waals surface area contributed by atoms with Crippen LogP contribution in [0.4, 0.5) is 0 Å². The Morgan fingerprint density at radius 3 is 2.77 bits per heavy atom. The highest BCUT2D eigenvalue weighted by Crippen LogP contribution is 3.12. The zero-order valence-electron chi connectivity index (χ0n) is 8.85. The van der Waals surface area contributed by atoms with Crippen molar-refractivity contribution in [2.45, 2.75) is 33.6 Å². The van der Waals surface area contributed by atoms with Gasteiger partial charge in [-0.25, -0.2) is 0 Å². The number of hydrogen-bond acceptors (Lipinski definition) is 0. The molecule has 13 heavy (non-hydrogen) atoms. The van der Waals surface area contributed by atoms with Crippen molar-refractivity contribution in [1.82, 2.24) is 0 Å². The van der Waals surface area contributed by atoms with Gasteiger partial charge in [0.2, 0.25) is 0 Å². The van der Waals surface area contributed by atoms with E-state index in [0.717, 1.165) is 34.0 Å². The van der Waals surface area contributed by atoms with E-state index >= 15 is 0 Å². The van der Waals surface area contributed by atoms with Gasteiger partial charge in [-0.3, -0.25) is 0 Å². The Bertz CT molecular complexity index is 355. The second-order valence-corrected chi connectivity index (χ2v) is 6.19. The van der Waals surface area contributed by atoms with Crippen molar-refractivity contribution in [2.75, 3.05) is 0 Å². The molecule has 0 heterocycles. The van der Waals surface area contributed by atoms with Crippen molar-refractivity contribution in [3.63, 3.8) is 0 Å². The molecular weight excluding hydrogens is 156 g/mol. The highest BCUT2D eigenvalue weighted by atomic mass is 15.1. The summed E-state index contributed by atoms with van der Waals surface area (Å²) >= 11 is 0. The van der Waals surface area contributed by atoms with Gasteiger partial charge in [0.05, 0.1) is 0 Å². The maximum Gasteiger partial charge on any atom is -0.00649 e. The third-order valence-electron chi connectivity index (χ3n) is 6.57. The topological polar surface area (TPSA) is 0 Å². The molecule has 0 aromatic rings. The predicted molar refractivity (Wildman–Crippen MR) is 53.2 cm³/mol. The Hall–Kier alpha value is -0.260. The van der Waals surface area contributed by atoms with Gasteiger partial charge in [-0.1, -0.05) is 39.3 Å². The molecule has 70 valence electrons. The van der Waals surface area contributed by atoms with Gasteiger partial charge in [0.1, 0.15) is 0 Å². The van der Waals surface area contributed by atoms with Crippen LogP contribution in [0.1, 0.15) is 33.6 Å². The van der Waals surface area contributed by atoms with Crippen LogP contribution in [-0.2, 0) is 0 Å². The van der Waals surface area contributed by atoms with Gasteiger partial charge in [-0.2, -0.15) is 0 Å². The standard InChI is InChI=1S/C13H18/c1-5-9-12-6-11(12,4)10-7(2)8(3)13(9,10)12/h8-10H,2,5-6H2,1,3-4H3. The number of hydrogen-bond donors (Lipinski definition) is 0. The van der Waals surface area contributed by atoms with Crippen LogP contribution in [0.2, 0.25) is 0 Å². The molecule has 0 radical (unpaired) electrons. The molecule has 4 aliphatic rings. The second kappa shape index (κ2) is 1.34. The molecule has 0 aromatic heterocycles. The fourth-order valence-corrected chi connectivity index (χ4v) is 6.44. The quantitative estimate of drug-likeness (QED) is 0.535. The minimum atomic E-state index is 0.733. The summed E-state index contributed by atoms with van der Waals surface area (Å²) in [6, 6.07) is 0. The lowest BCUT2D eigenvalue weighted by Crippen LogP contribution is -2.53. The van der Waals surface area contributed by atoms with Gasteiger partial charge in [0.15, 0.2) is 0 Å². The number of fused-ring (bicyclic) bond motifs is 1. The van der Waals surface area contributed by atoms with Gasteiger partial charge in [0.25, 0.3) is 0 Å². The van der Waals surface area contributed by atoms with Crippen molar-refractivity contribution in [2.24, 2.45) is 34.0 Å². The van der Waals surface area contributed by atoms with Crippen LogP contribution in [-0.4, -0.2) is 0 Å². The van der Waals surface area contributed by atoms with E-state index in [2.05, 4.69) is 27.4 Å². The summed E-state index contributed by atoms with van der Waals surface area (Å²) in [7, 11) is 0. The van der Waals surface area contributed by atoms with Crippen LogP contribution < -0.4 is 0 Å². The van der Waals surface area contributed by atoms with Gasteiger partial charge in [-0.15, -0.1) is 0 Å². The summed E-state index contributed by atoms with van der Waals surface area (Å²) in [6.07, 6.45) is 2.95. The van der Waals surface area contributed by atoms with Crippen LogP contribution in [0.5, 0.6) is 0 Å². The molecule has 0 heteroatoms. The first-order valence-corrected chi connectivity index (χ1v) is 5.77. The first-order chi connectivity index (χ1) is 6.09. The molecule has 2 spiro atoms. The van der Waals surface area contributed by atoms with Gasteiger partial charge in [-0.05, 0) is 40.4 Å². The third-order valence-corrected chi connectivity index (χ3v) is 6.57. The first kappa shape index (κ1) is 7.09. The molecule has 0 nitrogen and oxygen atoms in total. The van der Waals surface area contributed by atoms with E-state index in [9.17, 15) is 0 Å². The number of allylic oxidation sites excluding steroid dienone is 1. The summed E-state index contributed by atoms with van der Waals surface area (Å²) < 4.78 is 0. The van der Waals surface area contributed by atoms with Crippen molar-refractivity contribution in [1.29, 1.82) is 0 Å². The Morgan fingerprint density at radius 2 is 2.23 bits per heavy atom. The summed E-state index contributed by atoms with van der Waals surface area (Å²) in [5, 5.41) is 0. The summed E-state index contributed by atoms with van der Waals surface area (Å²) in [6.45, 7) is 11.6. The average molecular weight is 174 g/mol. The van der Waals surface area contributed by atoms with Crippen molar-refractivity contribution < 1.29 is 0 Å². The summed E-state index contributed by atoms with van der Waals surface area (Å²) in [4.78, 5) is 0. The zero-order valence-corrected chi connectivity index (χ0v) is 8.85. The number of rotatable bonds is 1. The Kier molecular flexibility index (Phi) is 0.733. The van der Waals surface area contributed by atoms with Gasteiger partial charge >= 0.3 is 0 Å². The molecule has 0 saturated heterocycles. The van der Waals surface area contributed by atoms with Crippen LogP contribution in [0.25, 0.3) is 0 Å². The van der Waals surface area contributed by atoms with Crippen LogP contribution in [0, 0.1) is 34.0 Å². The monoisotopic (exact) mass is 174 g/mol. The lowest BCUT2D eigenvalue weighted by molar-refractivity contribution is -0.0208. The molecule has 0 bridgehead atoms. The molecule has 0 amide bonds. The van der Waals surface area contributed by atoms with E-state index in [4.69, 9.17) is 0 Å². The molecule has 4 aliphatic carbocycles. The van der Waals surface area contributed by atoms with E-state index in [1.54, 1.807) is 5.57 Å². The van der Waals surface area contributed by atoms with Crippen LogP contribution >= 0.6 is 0 Å². The zero-order chi connectivity index (χ0) is 9.22. The van der Waals surface area contributed by atoms with E-state index in [1.165, 1.54) is 12.8 Å². The fourth-order valence-electron chi connectivity index (χ4n) is 6.44. The maximum absolute atomic E-state index is 4.28. The normalized spacial score (nSPS) is 75.6. The Balaban J connectivity index is 1.86. The lowest BCUT2D eigenvalue weighted by atomic mass is 9.45.